The number of esters is 1. The first-order valence-corrected chi connectivity index (χ1v) is 13.4. The summed E-state index contributed by atoms with van der Waals surface area (Å²) in [7, 11) is 0. The molecule has 3 aromatic carbocycles. The molecule has 0 saturated carbocycles. The van der Waals surface area contributed by atoms with Gasteiger partial charge in [-0.05, 0) is 75.2 Å². The van der Waals surface area contributed by atoms with Gasteiger partial charge in [-0.3, -0.25) is 4.79 Å². The van der Waals surface area contributed by atoms with Crippen LogP contribution in [-0.4, -0.2) is 32.3 Å². The molecule has 2 aromatic heterocycles. The predicted molar refractivity (Wildman–Crippen MR) is 151 cm³/mol. The lowest BCUT2D eigenvalue weighted by atomic mass is 10.0. The Morgan fingerprint density at radius 3 is 2.33 bits per heavy atom. The van der Waals surface area contributed by atoms with E-state index in [1.807, 2.05) is 19.1 Å². The molecule has 11 heteroatoms. The van der Waals surface area contributed by atoms with Crippen LogP contribution in [0.5, 0.6) is 5.88 Å². The molecule has 0 amide bonds. The number of carbonyl (C=O) groups excluding carboxylic acids is 2. The molecular weight excluding hydrogens is 563 g/mol. The van der Waals surface area contributed by atoms with Crippen molar-refractivity contribution in [1.29, 1.82) is 0 Å². The minimum Gasteiger partial charge on any atom is -0.473 e. The smallest absolute Gasteiger partial charge is 0.435 e. The second kappa shape index (κ2) is 11.4. The maximum atomic E-state index is 13.6. The minimum absolute atomic E-state index is 0.0503. The van der Waals surface area contributed by atoms with Gasteiger partial charge < -0.3 is 14.0 Å². The Labute approximate surface area is 245 Å². The maximum Gasteiger partial charge on any atom is 0.435 e. The van der Waals surface area contributed by atoms with Crippen molar-refractivity contribution in [2.24, 2.45) is 0 Å². The molecule has 0 radical (unpaired) electrons. The van der Waals surface area contributed by atoms with Crippen LogP contribution in [0.4, 0.5) is 13.2 Å². The Balaban J connectivity index is 1.35. The van der Waals surface area contributed by atoms with Crippen LogP contribution in [-0.2, 0) is 23.9 Å². The van der Waals surface area contributed by atoms with Gasteiger partial charge in [0.2, 0.25) is 5.88 Å². The lowest BCUT2D eigenvalue weighted by Gasteiger charge is -2.19. The Morgan fingerprint density at radius 2 is 1.63 bits per heavy atom. The Kier molecular flexibility index (Phi) is 7.83. The van der Waals surface area contributed by atoms with Gasteiger partial charge in [0, 0.05) is 23.4 Å². The van der Waals surface area contributed by atoms with Gasteiger partial charge in [-0.15, -0.1) is 0 Å². The first-order chi connectivity index (χ1) is 20.3. The zero-order chi connectivity index (χ0) is 30.9. The molecule has 8 nitrogen and oxygen atoms in total. The van der Waals surface area contributed by atoms with Crippen molar-refractivity contribution in [3.8, 4) is 11.6 Å². The van der Waals surface area contributed by atoms with Crippen LogP contribution in [0.15, 0.2) is 77.3 Å². The summed E-state index contributed by atoms with van der Waals surface area (Å²) in [6, 6.07) is 18.7. The summed E-state index contributed by atoms with van der Waals surface area (Å²) in [6.07, 6.45) is -4.67. The van der Waals surface area contributed by atoms with E-state index in [0.29, 0.717) is 27.8 Å². The molecule has 0 fully saturated rings. The molecule has 5 rings (SSSR count). The van der Waals surface area contributed by atoms with Crippen LogP contribution in [0.25, 0.3) is 16.7 Å². The zero-order valence-electron chi connectivity index (χ0n) is 23.9. The second-order valence-corrected chi connectivity index (χ2v) is 11.0. The SMILES string of the molecule is Cc1noc2cc(CC(=O)c3cccc(-n4nc(C(F)(F)F)cc4OCc4ccc(C(=O)OC(C)(C)C)cc4)c3)ccc12. The van der Waals surface area contributed by atoms with Crippen molar-refractivity contribution in [1.82, 2.24) is 14.9 Å². The summed E-state index contributed by atoms with van der Waals surface area (Å²) in [5.74, 6) is -0.900. The number of benzene rings is 3. The van der Waals surface area contributed by atoms with Crippen molar-refractivity contribution in [3.05, 3.63) is 106 Å². The highest BCUT2D eigenvalue weighted by Gasteiger charge is 2.35. The molecule has 0 bridgehead atoms. The van der Waals surface area contributed by atoms with Crippen molar-refractivity contribution in [2.75, 3.05) is 0 Å². The molecule has 0 spiro atoms. The number of ketones is 1. The fraction of sp³-hybridized carbons (Fsp3) is 0.250. The van der Waals surface area contributed by atoms with Gasteiger partial charge in [0.1, 0.15) is 12.2 Å². The number of aryl methyl sites for hydroxylation is 1. The third-order valence-electron chi connectivity index (χ3n) is 6.44. The third kappa shape index (κ3) is 6.94. The van der Waals surface area contributed by atoms with Gasteiger partial charge in [-0.25, -0.2) is 9.48 Å². The summed E-state index contributed by atoms with van der Waals surface area (Å²) in [4.78, 5) is 25.4. The molecule has 5 aromatic rings. The highest BCUT2D eigenvalue weighted by Crippen LogP contribution is 2.33. The molecule has 222 valence electrons. The molecular formula is C32H28F3N3O5. The lowest BCUT2D eigenvalue weighted by Crippen LogP contribution is -2.23. The largest absolute Gasteiger partial charge is 0.473 e. The number of Topliss-reactive ketones (excluding diaryl/α,β-unsaturated/α-hetero) is 1. The lowest BCUT2D eigenvalue weighted by molar-refractivity contribution is -0.141. The van der Waals surface area contributed by atoms with E-state index in [0.717, 1.165) is 21.8 Å². The summed E-state index contributed by atoms with van der Waals surface area (Å²) >= 11 is 0. The average Bonchev–Trinajstić information content (AvgIpc) is 3.55. The first kappa shape index (κ1) is 29.6. The maximum absolute atomic E-state index is 13.6. The van der Waals surface area contributed by atoms with Gasteiger partial charge in [-0.1, -0.05) is 35.5 Å². The van der Waals surface area contributed by atoms with E-state index in [-0.39, 0.29) is 30.4 Å². The summed E-state index contributed by atoms with van der Waals surface area (Å²) < 4.78 is 58.3. The van der Waals surface area contributed by atoms with Crippen LogP contribution in [0.1, 0.15) is 64.0 Å². The second-order valence-electron chi connectivity index (χ2n) is 11.0. The molecule has 0 atom stereocenters. The predicted octanol–water partition coefficient (Wildman–Crippen LogP) is 7.30. The zero-order valence-corrected chi connectivity index (χ0v) is 23.9. The van der Waals surface area contributed by atoms with E-state index in [1.54, 1.807) is 63.2 Å². The van der Waals surface area contributed by atoms with E-state index < -0.39 is 23.4 Å². The fourth-order valence-electron chi connectivity index (χ4n) is 4.34. The minimum atomic E-state index is -4.72. The standard InChI is InChI=1S/C32H28F3N3O5/c1-19-25-13-10-21(15-27(25)43-37-19)14-26(39)23-6-5-7-24(16-23)38-29(17-28(36-38)32(33,34)35)41-18-20-8-11-22(12-9-20)30(40)42-31(2,3)4/h5-13,15-17H,14,18H2,1-4H3. The molecule has 0 N–H and O–H groups in total. The number of alkyl halides is 3. The van der Waals surface area contributed by atoms with Gasteiger partial charge in [0.05, 0.1) is 16.9 Å². The van der Waals surface area contributed by atoms with Crippen molar-refractivity contribution in [2.45, 2.75) is 52.5 Å². The molecule has 43 heavy (non-hydrogen) atoms. The number of hydrogen-bond donors (Lipinski definition) is 0. The monoisotopic (exact) mass is 591 g/mol. The number of halogens is 3. The van der Waals surface area contributed by atoms with Gasteiger partial charge in [0.15, 0.2) is 17.1 Å². The van der Waals surface area contributed by atoms with E-state index in [2.05, 4.69) is 10.3 Å². The highest BCUT2D eigenvalue weighted by atomic mass is 19.4. The first-order valence-electron chi connectivity index (χ1n) is 13.4. The van der Waals surface area contributed by atoms with Crippen molar-refractivity contribution < 1.29 is 36.8 Å². The Morgan fingerprint density at radius 1 is 0.907 bits per heavy atom. The topological polar surface area (TPSA) is 96.5 Å². The van der Waals surface area contributed by atoms with Crippen LogP contribution >= 0.6 is 0 Å². The van der Waals surface area contributed by atoms with E-state index >= 15 is 0 Å². The summed E-state index contributed by atoms with van der Waals surface area (Å²) in [6.45, 7) is 7.01. The number of fused-ring (bicyclic) bond motifs is 1. The number of carbonyl (C=O) groups is 2. The normalized spacial score (nSPS) is 12.0. The Bertz CT molecular complexity index is 1800. The van der Waals surface area contributed by atoms with Crippen LogP contribution < -0.4 is 4.74 Å². The number of nitrogens with zero attached hydrogens (tertiary/aromatic N) is 3. The third-order valence-corrected chi connectivity index (χ3v) is 6.44. The molecule has 0 aliphatic carbocycles. The highest BCUT2D eigenvalue weighted by molar-refractivity contribution is 5.98. The van der Waals surface area contributed by atoms with Crippen molar-refractivity contribution >= 4 is 22.7 Å². The van der Waals surface area contributed by atoms with Gasteiger partial charge in [0.25, 0.3) is 0 Å². The number of ether oxygens (including phenoxy) is 2. The number of rotatable bonds is 8. The molecule has 0 saturated heterocycles. The molecule has 0 aliphatic rings. The quantitative estimate of drug-likeness (QED) is 0.138. The van der Waals surface area contributed by atoms with Gasteiger partial charge >= 0.3 is 12.1 Å². The fourth-order valence-corrected chi connectivity index (χ4v) is 4.34. The van der Waals surface area contributed by atoms with Crippen LogP contribution in [0, 0.1) is 6.92 Å². The summed E-state index contributed by atoms with van der Waals surface area (Å²) in [5, 5.41) is 8.51. The van der Waals surface area contributed by atoms with Crippen LogP contribution in [0.2, 0.25) is 0 Å². The van der Waals surface area contributed by atoms with Gasteiger partial charge in [-0.2, -0.15) is 18.3 Å². The molecule has 0 aliphatic heterocycles. The van der Waals surface area contributed by atoms with Crippen molar-refractivity contribution in [3.63, 3.8) is 0 Å². The van der Waals surface area contributed by atoms with E-state index in [9.17, 15) is 22.8 Å². The van der Waals surface area contributed by atoms with E-state index in [1.165, 1.54) is 12.1 Å². The Hall–Kier alpha value is -4.93. The van der Waals surface area contributed by atoms with E-state index in [4.69, 9.17) is 14.0 Å². The number of aromatic nitrogens is 3. The molecule has 2 heterocycles. The summed E-state index contributed by atoms with van der Waals surface area (Å²) in [5.41, 5.74) is 1.67. The molecule has 0 unspecified atom stereocenters. The average molecular weight is 592 g/mol. The van der Waals surface area contributed by atoms with Crippen LogP contribution in [0.3, 0.4) is 0 Å². The number of hydrogen-bond acceptors (Lipinski definition) is 7.